The molecule has 2 aromatic rings. The van der Waals surface area contributed by atoms with Gasteiger partial charge >= 0.3 is 0 Å². The van der Waals surface area contributed by atoms with Crippen molar-refractivity contribution in [2.75, 3.05) is 7.11 Å². The zero-order chi connectivity index (χ0) is 12.1. The van der Waals surface area contributed by atoms with Crippen molar-refractivity contribution in [3.8, 4) is 5.75 Å². The summed E-state index contributed by atoms with van der Waals surface area (Å²) in [6.07, 6.45) is 0. The maximum absolute atomic E-state index is 5.13. The average Bonchev–Trinajstić information content (AvgIpc) is 2.76. The van der Waals surface area contributed by atoms with Gasteiger partial charge in [0.25, 0.3) is 0 Å². The van der Waals surface area contributed by atoms with Crippen LogP contribution in [0.15, 0.2) is 35.0 Å². The summed E-state index contributed by atoms with van der Waals surface area (Å²) < 4.78 is 5.13. The van der Waals surface area contributed by atoms with Crippen LogP contribution in [0, 0.1) is 6.92 Å². The minimum absolute atomic E-state index is 0.888. The van der Waals surface area contributed by atoms with Gasteiger partial charge in [0.2, 0.25) is 0 Å². The van der Waals surface area contributed by atoms with E-state index in [-0.39, 0.29) is 0 Å². The van der Waals surface area contributed by atoms with Gasteiger partial charge in [0.1, 0.15) is 5.75 Å². The molecular formula is C14H17NOS. The predicted molar refractivity (Wildman–Crippen MR) is 72.6 cm³/mol. The molecule has 0 aliphatic carbocycles. The minimum atomic E-state index is 0.888. The molecule has 1 N–H and O–H groups in total. The van der Waals surface area contributed by atoms with E-state index >= 15 is 0 Å². The number of benzene rings is 1. The largest absolute Gasteiger partial charge is 0.497 e. The monoisotopic (exact) mass is 247 g/mol. The number of methoxy groups -OCH3 is 1. The molecule has 1 aromatic heterocycles. The second-order valence-electron chi connectivity index (χ2n) is 4.03. The summed E-state index contributed by atoms with van der Waals surface area (Å²) >= 11 is 1.76. The fraction of sp³-hybridized carbons (Fsp3) is 0.286. The van der Waals surface area contributed by atoms with Crippen LogP contribution in [0.1, 0.15) is 16.7 Å². The Morgan fingerprint density at radius 1 is 1.12 bits per heavy atom. The fourth-order valence-electron chi connectivity index (χ4n) is 1.65. The topological polar surface area (TPSA) is 21.3 Å². The first-order chi connectivity index (χ1) is 8.29. The fourth-order valence-corrected chi connectivity index (χ4v) is 2.51. The molecule has 0 atom stereocenters. The number of hydrogen-bond acceptors (Lipinski definition) is 3. The van der Waals surface area contributed by atoms with E-state index in [1.165, 1.54) is 16.7 Å². The van der Waals surface area contributed by atoms with Gasteiger partial charge in [0.05, 0.1) is 7.11 Å². The van der Waals surface area contributed by atoms with Crippen molar-refractivity contribution in [1.29, 1.82) is 0 Å². The van der Waals surface area contributed by atoms with Crippen molar-refractivity contribution < 1.29 is 4.74 Å². The van der Waals surface area contributed by atoms with E-state index in [0.29, 0.717) is 0 Å². The van der Waals surface area contributed by atoms with Crippen LogP contribution in [-0.4, -0.2) is 7.11 Å². The highest BCUT2D eigenvalue weighted by molar-refractivity contribution is 7.08. The first-order valence-electron chi connectivity index (χ1n) is 5.65. The van der Waals surface area contributed by atoms with Gasteiger partial charge in [-0.2, -0.15) is 11.3 Å². The Bertz CT molecular complexity index is 461. The molecule has 0 spiro atoms. The Morgan fingerprint density at radius 2 is 1.88 bits per heavy atom. The highest BCUT2D eigenvalue weighted by Gasteiger charge is 1.99. The maximum Gasteiger partial charge on any atom is 0.118 e. The zero-order valence-corrected chi connectivity index (χ0v) is 11.0. The summed E-state index contributed by atoms with van der Waals surface area (Å²) in [4.78, 5) is 0. The Morgan fingerprint density at radius 3 is 2.47 bits per heavy atom. The van der Waals surface area contributed by atoms with Gasteiger partial charge in [-0.15, -0.1) is 0 Å². The Balaban J connectivity index is 1.83. The lowest BCUT2D eigenvalue weighted by atomic mass is 10.2. The molecule has 0 amide bonds. The van der Waals surface area contributed by atoms with Crippen LogP contribution in [0.25, 0.3) is 0 Å². The van der Waals surface area contributed by atoms with Crippen molar-refractivity contribution in [3.05, 3.63) is 51.7 Å². The summed E-state index contributed by atoms with van der Waals surface area (Å²) in [7, 11) is 1.69. The average molecular weight is 247 g/mol. The molecule has 2 nitrogen and oxygen atoms in total. The summed E-state index contributed by atoms with van der Waals surface area (Å²) in [5.41, 5.74) is 4.04. The third-order valence-electron chi connectivity index (χ3n) is 2.77. The second kappa shape index (κ2) is 5.84. The Kier molecular flexibility index (Phi) is 4.18. The minimum Gasteiger partial charge on any atom is -0.497 e. The molecular weight excluding hydrogens is 230 g/mol. The molecule has 1 heterocycles. The van der Waals surface area contributed by atoms with E-state index in [1.54, 1.807) is 18.4 Å². The van der Waals surface area contributed by atoms with Gasteiger partial charge in [0, 0.05) is 13.1 Å². The zero-order valence-electron chi connectivity index (χ0n) is 10.2. The van der Waals surface area contributed by atoms with Gasteiger partial charge in [-0.3, -0.25) is 0 Å². The molecule has 1 aromatic carbocycles. The van der Waals surface area contributed by atoms with Crippen molar-refractivity contribution in [3.63, 3.8) is 0 Å². The number of hydrogen-bond donors (Lipinski definition) is 1. The van der Waals surface area contributed by atoms with Crippen LogP contribution in [0.3, 0.4) is 0 Å². The first kappa shape index (κ1) is 12.1. The van der Waals surface area contributed by atoms with Crippen molar-refractivity contribution in [2.24, 2.45) is 0 Å². The number of nitrogens with one attached hydrogen (secondary N) is 1. The van der Waals surface area contributed by atoms with Gasteiger partial charge in [-0.25, -0.2) is 0 Å². The van der Waals surface area contributed by atoms with Gasteiger partial charge < -0.3 is 10.1 Å². The van der Waals surface area contributed by atoms with Gasteiger partial charge in [-0.1, -0.05) is 12.1 Å². The van der Waals surface area contributed by atoms with Crippen molar-refractivity contribution >= 4 is 11.3 Å². The van der Waals surface area contributed by atoms with E-state index in [9.17, 15) is 0 Å². The first-order valence-corrected chi connectivity index (χ1v) is 6.59. The standard InChI is InChI=1S/C14H17NOS/c1-11-9-17-10-13(11)8-15-7-12-3-5-14(16-2)6-4-12/h3-6,9-10,15H,7-8H2,1-2H3. The van der Waals surface area contributed by atoms with Crippen LogP contribution >= 0.6 is 11.3 Å². The Labute approximate surface area is 106 Å². The lowest BCUT2D eigenvalue weighted by Gasteiger charge is -2.06. The van der Waals surface area contributed by atoms with Crippen molar-refractivity contribution in [1.82, 2.24) is 5.32 Å². The predicted octanol–water partition coefficient (Wildman–Crippen LogP) is 3.35. The molecule has 0 saturated carbocycles. The smallest absolute Gasteiger partial charge is 0.118 e. The molecule has 90 valence electrons. The molecule has 0 saturated heterocycles. The number of aryl methyl sites for hydroxylation is 1. The van der Waals surface area contributed by atoms with Crippen LogP contribution in [-0.2, 0) is 13.1 Å². The van der Waals surface area contributed by atoms with Gasteiger partial charge in [0.15, 0.2) is 0 Å². The molecule has 0 aliphatic heterocycles. The number of ether oxygens (including phenoxy) is 1. The maximum atomic E-state index is 5.13. The molecule has 0 aliphatic rings. The summed E-state index contributed by atoms with van der Waals surface area (Å²) in [6.45, 7) is 3.97. The SMILES string of the molecule is COc1ccc(CNCc2cscc2C)cc1. The highest BCUT2D eigenvalue weighted by atomic mass is 32.1. The van der Waals surface area contributed by atoms with E-state index in [0.717, 1.165) is 18.8 Å². The molecule has 0 unspecified atom stereocenters. The van der Waals surface area contributed by atoms with E-state index < -0.39 is 0 Å². The van der Waals surface area contributed by atoms with Crippen LogP contribution in [0.4, 0.5) is 0 Å². The third-order valence-corrected chi connectivity index (χ3v) is 3.68. The van der Waals surface area contributed by atoms with E-state index in [1.807, 2.05) is 12.1 Å². The third kappa shape index (κ3) is 3.32. The molecule has 2 rings (SSSR count). The normalized spacial score (nSPS) is 10.5. The summed E-state index contributed by atoms with van der Waals surface area (Å²) in [5, 5.41) is 7.84. The van der Waals surface area contributed by atoms with Crippen LogP contribution in [0.5, 0.6) is 5.75 Å². The summed E-state index contributed by atoms with van der Waals surface area (Å²) in [6, 6.07) is 8.17. The van der Waals surface area contributed by atoms with Crippen LogP contribution in [0.2, 0.25) is 0 Å². The van der Waals surface area contributed by atoms with E-state index in [2.05, 4.69) is 35.1 Å². The lowest BCUT2D eigenvalue weighted by Crippen LogP contribution is -2.12. The highest BCUT2D eigenvalue weighted by Crippen LogP contribution is 2.14. The molecule has 17 heavy (non-hydrogen) atoms. The number of thiophene rings is 1. The lowest BCUT2D eigenvalue weighted by molar-refractivity contribution is 0.414. The quantitative estimate of drug-likeness (QED) is 0.875. The van der Waals surface area contributed by atoms with Crippen molar-refractivity contribution in [2.45, 2.75) is 20.0 Å². The molecule has 0 bridgehead atoms. The van der Waals surface area contributed by atoms with Crippen LogP contribution < -0.4 is 10.1 Å². The van der Waals surface area contributed by atoms with E-state index in [4.69, 9.17) is 4.74 Å². The molecule has 0 radical (unpaired) electrons. The molecule has 3 heteroatoms. The summed E-state index contributed by atoms with van der Waals surface area (Å²) in [5.74, 6) is 0.905. The molecule has 0 fully saturated rings. The number of rotatable bonds is 5. The second-order valence-corrected chi connectivity index (χ2v) is 4.78. The van der Waals surface area contributed by atoms with Gasteiger partial charge in [-0.05, 0) is 46.5 Å². The Hall–Kier alpha value is -1.32.